The molecule has 0 spiro atoms. The van der Waals surface area contributed by atoms with E-state index in [1.54, 1.807) is 18.0 Å². The van der Waals surface area contributed by atoms with Gasteiger partial charge in [0.05, 0.1) is 10.4 Å². The molecule has 1 N–H and O–H groups in total. The number of phenols is 1. The van der Waals surface area contributed by atoms with Crippen LogP contribution < -0.4 is 0 Å². The van der Waals surface area contributed by atoms with E-state index in [0.29, 0.717) is 5.75 Å². The Morgan fingerprint density at radius 3 is 2.36 bits per heavy atom. The minimum Gasteiger partial charge on any atom is -0.506 e. The van der Waals surface area contributed by atoms with E-state index in [4.69, 9.17) is 0 Å². The van der Waals surface area contributed by atoms with E-state index >= 15 is 0 Å². The maximum Gasteiger partial charge on any atom is 0.137 e. The Hall–Kier alpha value is -2.52. The van der Waals surface area contributed by atoms with Crippen molar-refractivity contribution in [1.82, 2.24) is 4.98 Å². The van der Waals surface area contributed by atoms with Crippen molar-refractivity contribution in [3.8, 4) is 5.75 Å². The second-order valence-corrected chi connectivity index (χ2v) is 6.60. The van der Waals surface area contributed by atoms with E-state index in [1.807, 2.05) is 62.4 Å². The topological polar surface area (TPSA) is 33.1 Å². The molecule has 4 aromatic rings. The first kappa shape index (κ1) is 17.3. The predicted molar refractivity (Wildman–Crippen MR) is 108 cm³/mol. The molecule has 0 aliphatic rings. The maximum atomic E-state index is 10.7. The van der Waals surface area contributed by atoms with Crippen LogP contribution in [0.15, 0.2) is 76.7 Å². The lowest BCUT2D eigenvalue weighted by Crippen LogP contribution is -1.85. The van der Waals surface area contributed by atoms with Gasteiger partial charge in [-0.1, -0.05) is 68.1 Å². The Morgan fingerprint density at radius 1 is 0.840 bits per heavy atom. The Morgan fingerprint density at radius 2 is 1.56 bits per heavy atom. The molecule has 3 heteroatoms. The first-order valence-electron chi connectivity index (χ1n) is 8.47. The third-order valence-electron chi connectivity index (χ3n) is 4.00. The van der Waals surface area contributed by atoms with Gasteiger partial charge < -0.3 is 5.11 Å². The molecule has 0 aliphatic heterocycles. The lowest BCUT2D eigenvalue weighted by Gasteiger charge is -2.11. The van der Waals surface area contributed by atoms with Gasteiger partial charge in [0.25, 0.3) is 0 Å². The van der Waals surface area contributed by atoms with Crippen molar-refractivity contribution in [2.45, 2.75) is 30.6 Å². The normalized spacial score (nSPS) is 10.5. The molecular formula is C22H21NOS. The van der Waals surface area contributed by atoms with Gasteiger partial charge in [-0.05, 0) is 36.1 Å². The second-order valence-electron chi connectivity index (χ2n) is 5.52. The zero-order valence-corrected chi connectivity index (χ0v) is 15.5. The highest BCUT2D eigenvalue weighted by Gasteiger charge is 2.12. The number of fused-ring (bicyclic) bond motifs is 2. The Bertz CT molecular complexity index is 1020. The van der Waals surface area contributed by atoms with Crippen molar-refractivity contribution in [1.29, 1.82) is 0 Å². The summed E-state index contributed by atoms with van der Waals surface area (Å²) in [6, 6.07) is 20.1. The number of aryl methyl sites for hydroxylation is 1. The van der Waals surface area contributed by atoms with E-state index in [-0.39, 0.29) is 0 Å². The van der Waals surface area contributed by atoms with E-state index < -0.39 is 0 Å². The van der Waals surface area contributed by atoms with Gasteiger partial charge in [0.1, 0.15) is 5.75 Å². The summed E-state index contributed by atoms with van der Waals surface area (Å²) >= 11 is 1.56. The molecule has 4 rings (SSSR count). The van der Waals surface area contributed by atoms with Crippen LogP contribution in [0, 0.1) is 6.92 Å². The van der Waals surface area contributed by atoms with Crippen LogP contribution >= 0.6 is 11.8 Å². The van der Waals surface area contributed by atoms with Crippen LogP contribution in [0.5, 0.6) is 5.75 Å². The number of rotatable bonds is 2. The molecule has 3 aromatic carbocycles. The molecule has 0 unspecified atom stereocenters. The summed E-state index contributed by atoms with van der Waals surface area (Å²) in [6.07, 6.45) is 1.80. The number of nitrogens with zero attached hydrogens (tertiary/aromatic N) is 1. The van der Waals surface area contributed by atoms with Gasteiger partial charge in [-0.25, -0.2) is 0 Å². The van der Waals surface area contributed by atoms with Crippen molar-refractivity contribution in [2.24, 2.45) is 0 Å². The minimum absolute atomic E-state index is 0.337. The van der Waals surface area contributed by atoms with Crippen molar-refractivity contribution >= 4 is 33.4 Å². The summed E-state index contributed by atoms with van der Waals surface area (Å²) in [5.41, 5.74) is 2.12. The number of aromatic hydroxyl groups is 1. The van der Waals surface area contributed by atoms with Gasteiger partial charge in [0.15, 0.2) is 0 Å². The smallest absolute Gasteiger partial charge is 0.137 e. The highest BCUT2D eigenvalue weighted by Crippen LogP contribution is 2.42. The van der Waals surface area contributed by atoms with Gasteiger partial charge >= 0.3 is 0 Å². The third-order valence-corrected chi connectivity index (χ3v) is 5.08. The van der Waals surface area contributed by atoms with E-state index in [0.717, 1.165) is 37.0 Å². The molecule has 126 valence electrons. The average Bonchev–Trinajstić information content (AvgIpc) is 2.68. The van der Waals surface area contributed by atoms with Crippen LogP contribution in [-0.2, 0) is 0 Å². The Labute approximate surface area is 152 Å². The van der Waals surface area contributed by atoms with Gasteiger partial charge in [-0.15, -0.1) is 0 Å². The van der Waals surface area contributed by atoms with E-state index in [9.17, 15) is 5.11 Å². The first-order chi connectivity index (χ1) is 12.2. The summed E-state index contributed by atoms with van der Waals surface area (Å²) < 4.78 is 0. The van der Waals surface area contributed by atoms with Crippen LogP contribution in [-0.4, -0.2) is 10.1 Å². The number of hydrogen-bond acceptors (Lipinski definition) is 3. The van der Waals surface area contributed by atoms with Gasteiger partial charge in [-0.2, -0.15) is 0 Å². The summed E-state index contributed by atoms with van der Waals surface area (Å²) in [5, 5.41) is 13.8. The maximum absolute atomic E-state index is 10.7. The molecule has 2 nitrogen and oxygen atoms in total. The molecule has 0 radical (unpaired) electrons. The SMILES string of the molecule is CC.Cc1cc(Sc2cccc3cccnc23)c(O)c2ccccc12. The number of pyridine rings is 1. The van der Waals surface area contributed by atoms with Gasteiger partial charge in [-0.3, -0.25) is 4.98 Å². The van der Waals surface area contributed by atoms with Crippen LogP contribution in [0.25, 0.3) is 21.7 Å². The Kier molecular flexibility index (Phi) is 5.25. The molecule has 1 heterocycles. The molecule has 0 atom stereocenters. The number of aromatic nitrogens is 1. The average molecular weight is 347 g/mol. The Balaban J connectivity index is 0.000000880. The largest absolute Gasteiger partial charge is 0.506 e. The molecule has 0 saturated heterocycles. The molecular weight excluding hydrogens is 326 g/mol. The first-order valence-corrected chi connectivity index (χ1v) is 9.28. The monoisotopic (exact) mass is 347 g/mol. The van der Waals surface area contributed by atoms with Crippen LogP contribution in [0.1, 0.15) is 19.4 Å². The van der Waals surface area contributed by atoms with Crippen molar-refractivity contribution < 1.29 is 5.11 Å². The van der Waals surface area contributed by atoms with Crippen molar-refractivity contribution in [3.63, 3.8) is 0 Å². The molecule has 25 heavy (non-hydrogen) atoms. The highest BCUT2D eigenvalue weighted by atomic mass is 32.2. The van der Waals surface area contributed by atoms with Crippen LogP contribution in [0.2, 0.25) is 0 Å². The lowest BCUT2D eigenvalue weighted by molar-refractivity contribution is 0.469. The summed E-state index contributed by atoms with van der Waals surface area (Å²) in [7, 11) is 0. The summed E-state index contributed by atoms with van der Waals surface area (Å²) in [6.45, 7) is 6.08. The quantitative estimate of drug-likeness (QED) is 0.444. The molecule has 0 amide bonds. The van der Waals surface area contributed by atoms with Crippen LogP contribution in [0.4, 0.5) is 0 Å². The second kappa shape index (κ2) is 7.58. The van der Waals surface area contributed by atoms with E-state index in [1.165, 1.54) is 0 Å². The number of benzene rings is 3. The summed E-state index contributed by atoms with van der Waals surface area (Å²) in [4.78, 5) is 6.40. The number of phenolic OH excluding ortho intramolecular Hbond substituents is 1. The zero-order chi connectivity index (χ0) is 17.8. The van der Waals surface area contributed by atoms with Crippen molar-refractivity contribution in [3.05, 3.63) is 72.4 Å². The lowest BCUT2D eigenvalue weighted by atomic mass is 10.0. The number of hydrogen-bond donors (Lipinski definition) is 1. The fourth-order valence-corrected chi connectivity index (χ4v) is 3.96. The molecule has 1 aromatic heterocycles. The fraction of sp³-hybridized carbons (Fsp3) is 0.136. The third kappa shape index (κ3) is 3.33. The molecule has 0 aliphatic carbocycles. The molecule has 0 bridgehead atoms. The van der Waals surface area contributed by atoms with Crippen LogP contribution in [0.3, 0.4) is 0 Å². The minimum atomic E-state index is 0.337. The zero-order valence-electron chi connectivity index (χ0n) is 14.7. The standard InChI is InChI=1S/C20H15NOS.C2H6/c1-13-12-18(20(22)16-9-3-2-8-15(13)16)23-17-10-4-6-14-7-5-11-21-19(14)17;1-2/h2-12,22H,1H3;1-2H3. The van der Waals surface area contributed by atoms with Crippen molar-refractivity contribution in [2.75, 3.05) is 0 Å². The fourth-order valence-electron chi connectivity index (χ4n) is 2.86. The van der Waals surface area contributed by atoms with Gasteiger partial charge in [0, 0.05) is 21.9 Å². The van der Waals surface area contributed by atoms with Gasteiger partial charge in [0.2, 0.25) is 0 Å². The number of para-hydroxylation sites is 1. The predicted octanol–water partition coefficient (Wildman–Crippen LogP) is 6.58. The molecule has 0 saturated carbocycles. The summed E-state index contributed by atoms with van der Waals surface area (Å²) in [5.74, 6) is 0.337. The van der Waals surface area contributed by atoms with E-state index in [2.05, 4.69) is 24.0 Å². The highest BCUT2D eigenvalue weighted by molar-refractivity contribution is 7.99. The molecule has 0 fully saturated rings.